The molecule has 106 valence electrons. The average Bonchev–Trinajstić information content (AvgIpc) is 2.76. The Labute approximate surface area is 116 Å². The van der Waals surface area contributed by atoms with Gasteiger partial charge >= 0.3 is 5.97 Å². The summed E-state index contributed by atoms with van der Waals surface area (Å²) in [6.07, 6.45) is 1.50. The second kappa shape index (κ2) is 5.81. The summed E-state index contributed by atoms with van der Waals surface area (Å²) in [6, 6.07) is 4.62. The van der Waals surface area contributed by atoms with Crippen LogP contribution in [-0.4, -0.2) is 25.8 Å². The van der Waals surface area contributed by atoms with Gasteiger partial charge in [-0.15, -0.1) is 0 Å². The largest absolute Gasteiger partial charge is 0.480 e. The maximum atomic E-state index is 13.3. The Kier molecular flexibility index (Phi) is 4.12. The number of carboxylic acid groups (broad SMARTS) is 1. The fraction of sp³-hybridized carbons (Fsp3) is 0.357. The highest BCUT2D eigenvalue weighted by atomic mass is 19.1. The first kappa shape index (κ1) is 14.2. The second-order valence-corrected chi connectivity index (χ2v) is 4.62. The first-order valence-corrected chi connectivity index (χ1v) is 6.43. The van der Waals surface area contributed by atoms with Gasteiger partial charge < -0.3 is 5.11 Å². The van der Waals surface area contributed by atoms with Gasteiger partial charge in [-0.05, 0) is 37.1 Å². The van der Waals surface area contributed by atoms with Crippen molar-refractivity contribution in [2.24, 2.45) is 0 Å². The summed E-state index contributed by atoms with van der Waals surface area (Å²) in [5.41, 5.74) is 1.19. The van der Waals surface area contributed by atoms with Crippen LogP contribution in [0.4, 0.5) is 4.39 Å². The first-order chi connectivity index (χ1) is 9.51. The summed E-state index contributed by atoms with van der Waals surface area (Å²) in [6.45, 7) is 3.43. The van der Waals surface area contributed by atoms with Crippen LogP contribution in [0.3, 0.4) is 0 Å². The van der Waals surface area contributed by atoms with Crippen molar-refractivity contribution < 1.29 is 14.3 Å². The molecule has 0 atom stereocenters. The number of aromatic nitrogens is 3. The predicted molar refractivity (Wildman–Crippen MR) is 71.8 cm³/mol. The molecule has 2 rings (SSSR count). The van der Waals surface area contributed by atoms with E-state index in [1.54, 1.807) is 19.1 Å². The van der Waals surface area contributed by atoms with E-state index < -0.39 is 5.97 Å². The average molecular weight is 277 g/mol. The van der Waals surface area contributed by atoms with Crippen molar-refractivity contribution in [3.8, 4) is 11.4 Å². The van der Waals surface area contributed by atoms with Crippen LogP contribution < -0.4 is 0 Å². The maximum absolute atomic E-state index is 13.3. The summed E-state index contributed by atoms with van der Waals surface area (Å²) >= 11 is 0. The number of halogens is 1. The van der Waals surface area contributed by atoms with Gasteiger partial charge in [0.1, 0.15) is 18.2 Å². The van der Waals surface area contributed by atoms with Crippen LogP contribution in [0.5, 0.6) is 0 Å². The Bertz CT molecular complexity index is 637. The molecule has 1 aromatic heterocycles. The lowest BCUT2D eigenvalue weighted by atomic mass is 10.1. The highest BCUT2D eigenvalue weighted by Gasteiger charge is 2.13. The van der Waals surface area contributed by atoms with E-state index in [1.165, 1.54) is 10.7 Å². The van der Waals surface area contributed by atoms with E-state index in [0.717, 1.165) is 6.42 Å². The smallest absolute Gasteiger partial charge is 0.325 e. The predicted octanol–water partition coefficient (Wildman–Crippen LogP) is 2.43. The molecule has 0 radical (unpaired) electrons. The lowest BCUT2D eigenvalue weighted by molar-refractivity contribution is -0.137. The summed E-state index contributed by atoms with van der Waals surface area (Å²) in [5.74, 6) is -0.189. The molecule has 0 saturated heterocycles. The van der Waals surface area contributed by atoms with E-state index >= 15 is 0 Å². The maximum Gasteiger partial charge on any atom is 0.325 e. The molecule has 20 heavy (non-hydrogen) atoms. The molecular weight excluding hydrogens is 261 g/mol. The van der Waals surface area contributed by atoms with Crippen molar-refractivity contribution in [1.29, 1.82) is 0 Å². The van der Waals surface area contributed by atoms with Crippen LogP contribution in [0.15, 0.2) is 18.2 Å². The Morgan fingerprint density at radius 1 is 1.45 bits per heavy atom. The van der Waals surface area contributed by atoms with Crippen molar-refractivity contribution in [1.82, 2.24) is 14.8 Å². The minimum Gasteiger partial charge on any atom is -0.480 e. The number of aliphatic carboxylic acids is 1. The Balaban J connectivity index is 2.40. The van der Waals surface area contributed by atoms with Gasteiger partial charge in [-0.3, -0.25) is 4.79 Å². The van der Waals surface area contributed by atoms with Crippen LogP contribution in [0.25, 0.3) is 11.4 Å². The molecule has 5 nitrogen and oxygen atoms in total. The monoisotopic (exact) mass is 277 g/mol. The van der Waals surface area contributed by atoms with Gasteiger partial charge in [0.2, 0.25) is 0 Å². The summed E-state index contributed by atoms with van der Waals surface area (Å²) in [7, 11) is 0. The Morgan fingerprint density at radius 2 is 2.20 bits per heavy atom. The molecule has 0 saturated carbocycles. The van der Waals surface area contributed by atoms with Crippen molar-refractivity contribution in [2.45, 2.75) is 33.2 Å². The molecule has 2 aromatic rings. The van der Waals surface area contributed by atoms with Gasteiger partial charge in [0.05, 0.1) is 0 Å². The van der Waals surface area contributed by atoms with Crippen LogP contribution in [0.1, 0.15) is 24.7 Å². The third kappa shape index (κ3) is 3.01. The van der Waals surface area contributed by atoms with Crippen LogP contribution in [-0.2, 0) is 17.8 Å². The molecule has 1 N–H and O–H groups in total. The quantitative estimate of drug-likeness (QED) is 0.911. The van der Waals surface area contributed by atoms with Gasteiger partial charge in [-0.1, -0.05) is 6.92 Å². The van der Waals surface area contributed by atoms with Crippen LogP contribution in [0, 0.1) is 12.7 Å². The standard InChI is InChI=1S/C14H16FN3O2/c1-3-4-12-16-14(17-18(12)8-13(19)20)10-5-6-11(15)9(2)7-10/h5-7H,3-4,8H2,1-2H3,(H,19,20). The molecule has 0 aliphatic rings. The van der Waals surface area contributed by atoms with Gasteiger partial charge in [-0.25, -0.2) is 14.1 Å². The highest BCUT2D eigenvalue weighted by molar-refractivity contribution is 5.66. The lowest BCUT2D eigenvalue weighted by Gasteiger charge is -2.00. The van der Waals surface area contributed by atoms with E-state index in [9.17, 15) is 9.18 Å². The van der Waals surface area contributed by atoms with Gasteiger partial charge in [0.25, 0.3) is 0 Å². The zero-order valence-electron chi connectivity index (χ0n) is 11.4. The number of nitrogens with zero attached hydrogens (tertiary/aromatic N) is 3. The van der Waals surface area contributed by atoms with Gasteiger partial charge in [-0.2, -0.15) is 5.10 Å². The molecular formula is C14H16FN3O2. The number of rotatable bonds is 5. The number of hydrogen-bond acceptors (Lipinski definition) is 3. The topological polar surface area (TPSA) is 68.0 Å². The molecule has 0 unspecified atom stereocenters. The Morgan fingerprint density at radius 3 is 2.80 bits per heavy atom. The lowest BCUT2D eigenvalue weighted by Crippen LogP contribution is -2.13. The summed E-state index contributed by atoms with van der Waals surface area (Å²) < 4.78 is 14.7. The third-order valence-corrected chi connectivity index (χ3v) is 2.92. The van der Waals surface area contributed by atoms with Crippen molar-refractivity contribution >= 4 is 5.97 Å². The fourth-order valence-corrected chi connectivity index (χ4v) is 1.94. The van der Waals surface area contributed by atoms with Crippen molar-refractivity contribution in [3.63, 3.8) is 0 Å². The van der Waals surface area contributed by atoms with E-state index in [0.29, 0.717) is 29.2 Å². The number of hydrogen-bond donors (Lipinski definition) is 1. The van der Waals surface area contributed by atoms with E-state index in [2.05, 4.69) is 10.1 Å². The summed E-state index contributed by atoms with van der Waals surface area (Å²) in [5, 5.41) is 13.1. The molecule has 0 fully saturated rings. The molecule has 0 bridgehead atoms. The van der Waals surface area contributed by atoms with E-state index in [-0.39, 0.29) is 12.4 Å². The SMILES string of the molecule is CCCc1nc(-c2ccc(F)c(C)c2)nn1CC(=O)O. The fourth-order valence-electron chi connectivity index (χ4n) is 1.94. The zero-order chi connectivity index (χ0) is 14.7. The number of benzene rings is 1. The molecule has 6 heteroatoms. The minimum absolute atomic E-state index is 0.220. The number of aryl methyl sites for hydroxylation is 2. The third-order valence-electron chi connectivity index (χ3n) is 2.92. The summed E-state index contributed by atoms with van der Waals surface area (Å²) in [4.78, 5) is 15.2. The molecule has 0 aliphatic heterocycles. The number of carbonyl (C=O) groups is 1. The van der Waals surface area contributed by atoms with E-state index in [4.69, 9.17) is 5.11 Å². The molecule has 0 amide bonds. The first-order valence-electron chi connectivity index (χ1n) is 6.43. The zero-order valence-corrected chi connectivity index (χ0v) is 11.4. The van der Waals surface area contributed by atoms with Crippen molar-refractivity contribution in [3.05, 3.63) is 35.4 Å². The van der Waals surface area contributed by atoms with Crippen LogP contribution >= 0.6 is 0 Å². The minimum atomic E-state index is -0.964. The Hall–Kier alpha value is -2.24. The number of carboxylic acids is 1. The normalized spacial score (nSPS) is 10.8. The molecule has 1 aromatic carbocycles. The van der Waals surface area contributed by atoms with E-state index in [1.807, 2.05) is 6.92 Å². The highest BCUT2D eigenvalue weighted by Crippen LogP contribution is 2.19. The second-order valence-electron chi connectivity index (χ2n) is 4.62. The molecule has 1 heterocycles. The molecule has 0 aliphatic carbocycles. The van der Waals surface area contributed by atoms with Gasteiger partial charge in [0, 0.05) is 12.0 Å². The molecule has 0 spiro atoms. The van der Waals surface area contributed by atoms with Crippen molar-refractivity contribution in [2.75, 3.05) is 0 Å². The van der Waals surface area contributed by atoms with Gasteiger partial charge in [0.15, 0.2) is 5.82 Å². The van der Waals surface area contributed by atoms with Crippen LogP contribution in [0.2, 0.25) is 0 Å².